The molecule has 0 saturated carbocycles. The van der Waals surface area contributed by atoms with E-state index in [1.165, 1.54) is 0 Å². The minimum Gasteiger partial charge on any atom is -0.264 e. The summed E-state index contributed by atoms with van der Waals surface area (Å²) < 4.78 is 0. The molecule has 3 nitrogen and oxygen atoms in total. The van der Waals surface area contributed by atoms with Gasteiger partial charge in [0.2, 0.25) is 6.04 Å². The summed E-state index contributed by atoms with van der Waals surface area (Å²) in [6.07, 6.45) is 5.95. The zero-order valence-corrected chi connectivity index (χ0v) is 5.78. The van der Waals surface area contributed by atoms with Crippen LogP contribution in [0, 0.1) is 10.1 Å². The van der Waals surface area contributed by atoms with Gasteiger partial charge in [-0.25, -0.2) is 0 Å². The molecular weight excluding hydrogens is 130 g/mol. The molecule has 0 aromatic rings. The van der Waals surface area contributed by atoms with E-state index in [0.717, 1.165) is 5.57 Å². The molecule has 0 bridgehead atoms. The Kier molecular flexibility index (Phi) is 1.85. The number of rotatable bonds is 1. The molecule has 0 aromatic carbocycles. The predicted molar refractivity (Wildman–Crippen MR) is 38.3 cm³/mol. The van der Waals surface area contributed by atoms with Crippen molar-refractivity contribution in [3.8, 4) is 0 Å². The van der Waals surface area contributed by atoms with Crippen LogP contribution in [0.2, 0.25) is 0 Å². The first-order valence-electron chi connectivity index (χ1n) is 3.18. The van der Waals surface area contributed by atoms with Crippen molar-refractivity contribution in [3.05, 3.63) is 33.9 Å². The number of hydrogen-bond acceptors (Lipinski definition) is 2. The van der Waals surface area contributed by atoms with Crippen molar-refractivity contribution in [1.82, 2.24) is 0 Å². The summed E-state index contributed by atoms with van der Waals surface area (Å²) in [6, 6.07) is -0.495. The quantitative estimate of drug-likeness (QED) is 0.408. The van der Waals surface area contributed by atoms with E-state index in [9.17, 15) is 10.1 Å². The summed E-state index contributed by atoms with van der Waals surface area (Å²) >= 11 is 0. The standard InChI is InChI=1S/C7H9NO2/c1-6-3-2-4-7(5-6)8(9)10/h2-3,5,7H,4H2,1H3. The largest absolute Gasteiger partial charge is 0.264 e. The van der Waals surface area contributed by atoms with Crippen molar-refractivity contribution in [1.29, 1.82) is 0 Å². The molecule has 0 radical (unpaired) electrons. The second-order valence-electron chi connectivity index (χ2n) is 2.40. The molecule has 1 aliphatic carbocycles. The summed E-state index contributed by atoms with van der Waals surface area (Å²) in [6.45, 7) is 1.87. The fraction of sp³-hybridized carbons (Fsp3) is 0.429. The first-order chi connectivity index (χ1) is 4.70. The Morgan fingerprint density at radius 3 is 2.90 bits per heavy atom. The molecule has 0 spiro atoms. The highest BCUT2D eigenvalue weighted by atomic mass is 16.6. The SMILES string of the molecule is CC1=CC([N+](=O)[O-])CC=C1. The van der Waals surface area contributed by atoms with Crippen molar-refractivity contribution >= 4 is 0 Å². The molecule has 3 heteroatoms. The van der Waals surface area contributed by atoms with Gasteiger partial charge < -0.3 is 0 Å². The number of nitro groups is 1. The highest BCUT2D eigenvalue weighted by Gasteiger charge is 2.16. The van der Waals surface area contributed by atoms with Crippen LogP contribution < -0.4 is 0 Å². The third kappa shape index (κ3) is 1.43. The Morgan fingerprint density at radius 2 is 2.50 bits per heavy atom. The van der Waals surface area contributed by atoms with Gasteiger partial charge in [-0.1, -0.05) is 12.2 Å². The third-order valence-corrected chi connectivity index (χ3v) is 1.48. The van der Waals surface area contributed by atoms with Gasteiger partial charge in [-0.2, -0.15) is 0 Å². The summed E-state index contributed by atoms with van der Waals surface area (Å²) in [5, 5.41) is 10.2. The molecule has 0 aliphatic heterocycles. The van der Waals surface area contributed by atoms with E-state index < -0.39 is 6.04 Å². The van der Waals surface area contributed by atoms with Crippen molar-refractivity contribution in [3.63, 3.8) is 0 Å². The van der Waals surface area contributed by atoms with Gasteiger partial charge in [-0.3, -0.25) is 10.1 Å². The van der Waals surface area contributed by atoms with Crippen LogP contribution in [-0.2, 0) is 0 Å². The van der Waals surface area contributed by atoms with Gasteiger partial charge in [0.15, 0.2) is 0 Å². The van der Waals surface area contributed by atoms with Crippen LogP contribution in [0.15, 0.2) is 23.8 Å². The van der Waals surface area contributed by atoms with Crippen LogP contribution in [0.5, 0.6) is 0 Å². The summed E-state index contributed by atoms with van der Waals surface area (Å²) in [7, 11) is 0. The van der Waals surface area contributed by atoms with E-state index in [0.29, 0.717) is 6.42 Å². The lowest BCUT2D eigenvalue weighted by atomic mass is 10.1. The normalized spacial score (nSPS) is 24.1. The average Bonchev–Trinajstić information content (AvgIpc) is 1.88. The summed E-state index contributed by atoms with van der Waals surface area (Å²) in [5.74, 6) is 0. The molecule has 54 valence electrons. The number of allylic oxidation sites excluding steroid dienone is 2. The monoisotopic (exact) mass is 139 g/mol. The Hall–Kier alpha value is -1.12. The lowest BCUT2D eigenvalue weighted by Gasteiger charge is -2.06. The zero-order chi connectivity index (χ0) is 7.56. The topological polar surface area (TPSA) is 43.1 Å². The van der Waals surface area contributed by atoms with Crippen molar-refractivity contribution in [2.75, 3.05) is 0 Å². The van der Waals surface area contributed by atoms with Crippen LogP contribution in [-0.4, -0.2) is 11.0 Å². The fourth-order valence-corrected chi connectivity index (χ4v) is 0.967. The van der Waals surface area contributed by atoms with E-state index in [2.05, 4.69) is 0 Å². The number of hydrogen-bond donors (Lipinski definition) is 0. The Balaban J connectivity index is 2.69. The van der Waals surface area contributed by atoms with Gasteiger partial charge in [0.25, 0.3) is 0 Å². The first-order valence-corrected chi connectivity index (χ1v) is 3.18. The van der Waals surface area contributed by atoms with Gasteiger partial charge in [0, 0.05) is 11.3 Å². The van der Waals surface area contributed by atoms with E-state index in [4.69, 9.17) is 0 Å². The van der Waals surface area contributed by atoms with Crippen LogP contribution in [0.25, 0.3) is 0 Å². The zero-order valence-electron chi connectivity index (χ0n) is 5.78. The van der Waals surface area contributed by atoms with Crippen LogP contribution >= 0.6 is 0 Å². The van der Waals surface area contributed by atoms with E-state index in [-0.39, 0.29) is 4.92 Å². The van der Waals surface area contributed by atoms with Gasteiger partial charge in [-0.15, -0.1) is 0 Å². The van der Waals surface area contributed by atoms with Crippen LogP contribution in [0.4, 0.5) is 0 Å². The number of nitrogens with zero attached hydrogens (tertiary/aromatic N) is 1. The average molecular weight is 139 g/mol. The van der Waals surface area contributed by atoms with E-state index >= 15 is 0 Å². The second kappa shape index (κ2) is 2.64. The van der Waals surface area contributed by atoms with E-state index in [1.54, 1.807) is 6.08 Å². The van der Waals surface area contributed by atoms with Gasteiger partial charge in [0.05, 0.1) is 0 Å². The molecule has 1 aliphatic rings. The smallest absolute Gasteiger partial charge is 0.235 e. The summed E-state index contributed by atoms with van der Waals surface area (Å²) in [4.78, 5) is 9.97. The molecule has 0 heterocycles. The molecule has 10 heavy (non-hydrogen) atoms. The van der Waals surface area contributed by atoms with Crippen LogP contribution in [0.3, 0.4) is 0 Å². The molecule has 0 aromatic heterocycles. The Morgan fingerprint density at radius 1 is 1.80 bits per heavy atom. The van der Waals surface area contributed by atoms with Crippen molar-refractivity contribution < 1.29 is 4.92 Å². The Bertz CT molecular complexity index is 206. The molecule has 1 unspecified atom stereocenters. The maximum absolute atomic E-state index is 10.2. The van der Waals surface area contributed by atoms with Crippen molar-refractivity contribution in [2.24, 2.45) is 0 Å². The molecule has 0 N–H and O–H groups in total. The highest BCUT2D eigenvalue weighted by molar-refractivity contribution is 5.21. The molecule has 0 saturated heterocycles. The molecule has 1 atom stereocenters. The third-order valence-electron chi connectivity index (χ3n) is 1.48. The van der Waals surface area contributed by atoms with Crippen molar-refractivity contribution in [2.45, 2.75) is 19.4 Å². The maximum Gasteiger partial charge on any atom is 0.235 e. The molecule has 0 fully saturated rings. The van der Waals surface area contributed by atoms with Gasteiger partial charge in [0.1, 0.15) is 0 Å². The minimum atomic E-state index is -0.495. The minimum absolute atomic E-state index is 0.257. The Labute approximate surface area is 59.2 Å². The summed E-state index contributed by atoms with van der Waals surface area (Å²) in [5.41, 5.74) is 0.980. The molecule has 1 rings (SSSR count). The molecule has 0 amide bonds. The van der Waals surface area contributed by atoms with Gasteiger partial charge >= 0.3 is 0 Å². The lowest BCUT2D eigenvalue weighted by Crippen LogP contribution is -2.17. The first kappa shape index (κ1) is 6.99. The molecular formula is C7H9NO2. The highest BCUT2D eigenvalue weighted by Crippen LogP contribution is 2.11. The van der Waals surface area contributed by atoms with Crippen LogP contribution in [0.1, 0.15) is 13.3 Å². The van der Waals surface area contributed by atoms with Gasteiger partial charge in [-0.05, 0) is 18.6 Å². The van der Waals surface area contributed by atoms with E-state index in [1.807, 2.05) is 19.1 Å². The maximum atomic E-state index is 10.2. The fourth-order valence-electron chi connectivity index (χ4n) is 0.967. The lowest BCUT2D eigenvalue weighted by molar-refractivity contribution is -0.508. The predicted octanol–water partition coefficient (Wildman–Crippen LogP) is 1.54. The second-order valence-corrected chi connectivity index (χ2v) is 2.40.